The van der Waals surface area contributed by atoms with Gasteiger partial charge in [-0.15, -0.1) is 0 Å². The molecule has 0 aliphatic rings. The Morgan fingerprint density at radius 3 is 2.71 bits per heavy atom. The van der Waals surface area contributed by atoms with E-state index in [4.69, 9.17) is 14.9 Å². The fraction of sp³-hybridized carbons (Fsp3) is 0.167. The first kappa shape index (κ1) is 12.1. The van der Waals surface area contributed by atoms with Crippen LogP contribution in [0.3, 0.4) is 0 Å². The Labute approximate surface area is 106 Å². The second kappa shape index (κ2) is 5.33. The minimum atomic E-state index is -0.342. The largest absolute Gasteiger partial charge is 0.484 e. The minimum Gasteiger partial charge on any atom is -0.484 e. The maximum absolute atomic E-state index is 13.0. The van der Waals surface area contributed by atoms with Crippen molar-refractivity contribution in [3.8, 4) is 5.75 Å². The predicted molar refractivity (Wildman–Crippen MR) is 65.0 cm³/mol. The van der Waals surface area contributed by atoms with Crippen LogP contribution in [0.4, 0.5) is 4.39 Å². The predicted octanol–water partition coefficient (Wildman–Crippen LogP) is 3.22. The minimum absolute atomic E-state index is 0.238. The van der Waals surface area contributed by atoms with Crippen molar-refractivity contribution in [1.82, 2.24) is 0 Å². The van der Waals surface area contributed by atoms with Crippen LogP contribution < -0.4 is 10.5 Å². The third kappa shape index (κ3) is 3.08. The third-order valence-corrected chi connectivity index (χ3v) is 2.84. The molecule has 0 aliphatic carbocycles. The first-order chi connectivity index (χ1) is 8.19. The molecule has 0 saturated heterocycles. The summed E-state index contributed by atoms with van der Waals surface area (Å²) in [6.45, 7) is 0.589. The van der Waals surface area contributed by atoms with Crippen molar-refractivity contribution in [2.75, 3.05) is 0 Å². The Balaban J connectivity index is 2.04. The summed E-state index contributed by atoms with van der Waals surface area (Å²) in [7, 11) is 0. The Kier molecular flexibility index (Phi) is 3.81. The van der Waals surface area contributed by atoms with E-state index in [1.807, 2.05) is 0 Å². The Morgan fingerprint density at radius 2 is 2.00 bits per heavy atom. The molecule has 1 heterocycles. The van der Waals surface area contributed by atoms with Crippen molar-refractivity contribution in [3.05, 3.63) is 52.1 Å². The summed E-state index contributed by atoms with van der Waals surface area (Å²) in [5.74, 6) is 1.45. The molecule has 2 aromatic rings. The second-order valence-corrected chi connectivity index (χ2v) is 4.29. The van der Waals surface area contributed by atoms with Crippen molar-refractivity contribution < 1.29 is 13.5 Å². The molecule has 2 N–H and O–H groups in total. The highest BCUT2D eigenvalue weighted by atomic mass is 79.9. The molecule has 3 nitrogen and oxygen atoms in total. The zero-order valence-electron chi connectivity index (χ0n) is 8.95. The highest BCUT2D eigenvalue weighted by molar-refractivity contribution is 9.10. The number of hydrogen-bond acceptors (Lipinski definition) is 3. The number of ether oxygens (including phenoxy) is 1. The van der Waals surface area contributed by atoms with Crippen LogP contribution in [-0.2, 0) is 13.2 Å². The van der Waals surface area contributed by atoms with E-state index in [9.17, 15) is 4.39 Å². The average molecular weight is 300 g/mol. The molecule has 2 rings (SSSR count). The van der Waals surface area contributed by atoms with E-state index in [-0.39, 0.29) is 12.4 Å². The van der Waals surface area contributed by atoms with Crippen LogP contribution in [0, 0.1) is 5.82 Å². The van der Waals surface area contributed by atoms with Crippen molar-refractivity contribution in [1.29, 1.82) is 0 Å². The summed E-state index contributed by atoms with van der Waals surface area (Å²) in [5, 5.41) is 0. The van der Waals surface area contributed by atoms with Crippen LogP contribution in [0.2, 0.25) is 0 Å². The molecule has 0 aliphatic heterocycles. The molecule has 0 atom stereocenters. The van der Waals surface area contributed by atoms with Gasteiger partial charge in [0.2, 0.25) is 0 Å². The zero-order chi connectivity index (χ0) is 12.3. The van der Waals surface area contributed by atoms with Crippen molar-refractivity contribution in [3.63, 3.8) is 0 Å². The normalized spacial score (nSPS) is 10.5. The number of benzene rings is 1. The molecule has 0 unspecified atom stereocenters. The molecule has 0 bridgehead atoms. The average Bonchev–Trinajstić information content (AvgIpc) is 2.78. The van der Waals surface area contributed by atoms with Crippen molar-refractivity contribution in [2.24, 2.45) is 5.73 Å². The summed E-state index contributed by atoms with van der Waals surface area (Å²) in [6.07, 6.45) is 0. The molecular weight excluding hydrogens is 289 g/mol. The zero-order valence-corrected chi connectivity index (χ0v) is 10.5. The smallest absolute Gasteiger partial charge is 0.146 e. The molecule has 0 spiro atoms. The van der Waals surface area contributed by atoms with Gasteiger partial charge in [-0.25, -0.2) is 4.39 Å². The van der Waals surface area contributed by atoms with Gasteiger partial charge >= 0.3 is 0 Å². The molecule has 5 heteroatoms. The summed E-state index contributed by atoms with van der Waals surface area (Å²) < 4.78 is 24.5. The SMILES string of the molecule is NCc1ccc(COc2cc(F)ccc2Br)o1. The van der Waals surface area contributed by atoms with Gasteiger partial charge in [-0.3, -0.25) is 0 Å². The standard InChI is InChI=1S/C12H11BrFNO2/c13-11-4-1-8(14)5-12(11)16-7-10-3-2-9(6-15)17-10/h1-5H,6-7,15H2. The molecule has 0 radical (unpaired) electrons. The quantitative estimate of drug-likeness (QED) is 0.943. The molecule has 0 saturated carbocycles. The lowest BCUT2D eigenvalue weighted by atomic mass is 10.3. The van der Waals surface area contributed by atoms with Crippen molar-refractivity contribution >= 4 is 15.9 Å². The van der Waals surface area contributed by atoms with E-state index in [0.717, 1.165) is 0 Å². The number of furan rings is 1. The Bertz CT molecular complexity index is 513. The van der Waals surface area contributed by atoms with E-state index < -0.39 is 0 Å². The number of nitrogens with two attached hydrogens (primary N) is 1. The fourth-order valence-corrected chi connectivity index (χ4v) is 1.71. The van der Waals surface area contributed by atoms with Crippen molar-refractivity contribution in [2.45, 2.75) is 13.2 Å². The van der Waals surface area contributed by atoms with Gasteiger partial charge < -0.3 is 14.9 Å². The molecule has 1 aromatic carbocycles. The highest BCUT2D eigenvalue weighted by Crippen LogP contribution is 2.26. The van der Waals surface area contributed by atoms with Gasteiger partial charge in [0, 0.05) is 6.07 Å². The summed E-state index contributed by atoms with van der Waals surface area (Å²) in [4.78, 5) is 0. The van der Waals surface area contributed by atoms with Crippen LogP contribution in [0.25, 0.3) is 0 Å². The maximum atomic E-state index is 13.0. The van der Waals surface area contributed by atoms with E-state index >= 15 is 0 Å². The number of rotatable bonds is 4. The van der Waals surface area contributed by atoms with Crippen LogP contribution in [-0.4, -0.2) is 0 Å². The first-order valence-corrected chi connectivity index (χ1v) is 5.84. The number of hydrogen-bond donors (Lipinski definition) is 1. The third-order valence-electron chi connectivity index (χ3n) is 2.18. The van der Waals surface area contributed by atoms with Crippen LogP contribution in [0.5, 0.6) is 5.75 Å². The van der Waals surface area contributed by atoms with Gasteiger partial charge in [0.05, 0.1) is 11.0 Å². The second-order valence-electron chi connectivity index (χ2n) is 3.44. The molecule has 17 heavy (non-hydrogen) atoms. The molecule has 0 amide bonds. The molecule has 1 aromatic heterocycles. The Morgan fingerprint density at radius 1 is 1.24 bits per heavy atom. The molecule has 90 valence electrons. The lowest BCUT2D eigenvalue weighted by Crippen LogP contribution is -1.96. The van der Waals surface area contributed by atoms with Gasteiger partial charge in [-0.1, -0.05) is 0 Å². The van der Waals surface area contributed by atoms with Crippen LogP contribution in [0.15, 0.2) is 39.2 Å². The fourth-order valence-electron chi connectivity index (χ4n) is 1.35. The van der Waals surface area contributed by atoms with E-state index in [0.29, 0.717) is 28.3 Å². The maximum Gasteiger partial charge on any atom is 0.146 e. The van der Waals surface area contributed by atoms with Crippen LogP contribution >= 0.6 is 15.9 Å². The summed E-state index contributed by atoms with van der Waals surface area (Å²) in [5.41, 5.74) is 5.42. The van der Waals surface area contributed by atoms with E-state index in [1.165, 1.54) is 12.1 Å². The molecular formula is C12H11BrFNO2. The van der Waals surface area contributed by atoms with Gasteiger partial charge in [0.25, 0.3) is 0 Å². The van der Waals surface area contributed by atoms with E-state index in [2.05, 4.69) is 15.9 Å². The van der Waals surface area contributed by atoms with Gasteiger partial charge in [0.1, 0.15) is 29.7 Å². The lowest BCUT2D eigenvalue weighted by Gasteiger charge is -2.06. The summed E-state index contributed by atoms with van der Waals surface area (Å²) in [6, 6.07) is 7.85. The van der Waals surface area contributed by atoms with Gasteiger partial charge in [-0.05, 0) is 40.2 Å². The lowest BCUT2D eigenvalue weighted by molar-refractivity contribution is 0.263. The van der Waals surface area contributed by atoms with Crippen LogP contribution in [0.1, 0.15) is 11.5 Å². The molecule has 0 fully saturated rings. The first-order valence-electron chi connectivity index (χ1n) is 5.04. The van der Waals surface area contributed by atoms with Gasteiger partial charge in [-0.2, -0.15) is 0 Å². The number of halogens is 2. The highest BCUT2D eigenvalue weighted by Gasteiger charge is 2.05. The summed E-state index contributed by atoms with van der Waals surface area (Å²) >= 11 is 3.28. The van der Waals surface area contributed by atoms with Gasteiger partial charge in [0.15, 0.2) is 0 Å². The Hall–Kier alpha value is -1.33. The van der Waals surface area contributed by atoms with E-state index in [1.54, 1.807) is 18.2 Å². The monoisotopic (exact) mass is 299 g/mol. The topological polar surface area (TPSA) is 48.4 Å².